The summed E-state index contributed by atoms with van der Waals surface area (Å²) in [6, 6.07) is 8.05. The number of carbonyl (C=O) groups excluding carboxylic acids is 1. The minimum atomic E-state index is -0.0620. The second kappa shape index (κ2) is 4.67. The number of nitrogens with zero attached hydrogens (tertiary/aromatic N) is 1. The lowest BCUT2D eigenvalue weighted by molar-refractivity contribution is -0.111. The number of carbonyl (C=O) groups is 1. The molecule has 3 saturated heterocycles. The fraction of sp³-hybridized carbons (Fsp3) is 0.533. The highest BCUT2D eigenvalue weighted by atomic mass is 35.5. The Labute approximate surface area is 113 Å². The number of piperidine rings is 3. The van der Waals surface area contributed by atoms with Gasteiger partial charge in [-0.05, 0) is 18.1 Å². The Morgan fingerprint density at radius 1 is 1.28 bits per heavy atom. The lowest BCUT2D eigenvalue weighted by Crippen LogP contribution is -2.60. The van der Waals surface area contributed by atoms with Gasteiger partial charge in [0.25, 0.3) is 0 Å². The standard InChI is InChI=1S/C15H18ClNO/c16-14-3-1-13(2-4-14)15(7-10-18)11-12-5-8-17(15)9-6-12/h1-4,10,12H,5-9,11H2/q+1. The normalized spacial score (nSPS) is 34.5. The number of halogens is 1. The molecule has 3 heterocycles. The zero-order chi connectivity index (χ0) is 12.6. The minimum Gasteiger partial charge on any atom is -0.303 e. The fourth-order valence-electron chi connectivity index (χ4n) is 3.70. The molecule has 3 aliphatic heterocycles. The minimum absolute atomic E-state index is 0.0620. The predicted octanol–water partition coefficient (Wildman–Crippen LogP) is 3.08. The summed E-state index contributed by atoms with van der Waals surface area (Å²) in [5.41, 5.74) is 1.19. The van der Waals surface area contributed by atoms with Gasteiger partial charge in [0.1, 0.15) is 19.4 Å². The molecule has 0 spiro atoms. The van der Waals surface area contributed by atoms with Crippen molar-refractivity contribution >= 4 is 17.9 Å². The van der Waals surface area contributed by atoms with Gasteiger partial charge in [-0.3, -0.25) is 0 Å². The summed E-state index contributed by atoms with van der Waals surface area (Å²) in [7, 11) is 0. The van der Waals surface area contributed by atoms with E-state index < -0.39 is 0 Å². The van der Waals surface area contributed by atoms with E-state index >= 15 is 0 Å². The Balaban J connectivity index is 2.01. The molecule has 1 atom stereocenters. The third-order valence-electron chi connectivity index (χ3n) is 4.65. The molecule has 0 aliphatic carbocycles. The van der Waals surface area contributed by atoms with Gasteiger partial charge in [0, 0.05) is 29.8 Å². The molecule has 3 aliphatic rings. The molecule has 0 saturated carbocycles. The van der Waals surface area contributed by atoms with Crippen LogP contribution in [-0.2, 0) is 10.3 Å². The number of fused-ring (bicyclic) bond motifs is 3. The van der Waals surface area contributed by atoms with Gasteiger partial charge in [0.05, 0.1) is 6.42 Å². The van der Waals surface area contributed by atoms with Crippen LogP contribution in [0.15, 0.2) is 24.3 Å². The van der Waals surface area contributed by atoms with Crippen molar-refractivity contribution in [2.45, 2.75) is 31.2 Å². The second-order valence-electron chi connectivity index (χ2n) is 5.54. The SMILES string of the molecule is O=CCC1(c2ccc(Cl)cc2)CC2CC[N+]1CC2. The van der Waals surface area contributed by atoms with Crippen LogP contribution in [0, 0.1) is 5.92 Å². The maximum Gasteiger partial charge on any atom is 0.174 e. The quantitative estimate of drug-likeness (QED) is 0.607. The molecule has 0 aromatic heterocycles. The van der Waals surface area contributed by atoms with E-state index in [9.17, 15) is 4.79 Å². The molecule has 3 fully saturated rings. The van der Waals surface area contributed by atoms with Gasteiger partial charge in [-0.2, -0.15) is 4.90 Å². The summed E-state index contributed by atoms with van der Waals surface area (Å²) in [5, 5.41) is 0.760. The molecule has 1 radical (unpaired) electrons. The molecular weight excluding hydrogens is 246 g/mol. The van der Waals surface area contributed by atoms with E-state index in [0.717, 1.165) is 36.7 Å². The van der Waals surface area contributed by atoms with Crippen LogP contribution in [0.25, 0.3) is 0 Å². The van der Waals surface area contributed by atoms with E-state index in [1.165, 1.54) is 18.4 Å². The Morgan fingerprint density at radius 3 is 2.44 bits per heavy atom. The second-order valence-corrected chi connectivity index (χ2v) is 5.98. The molecule has 0 amide bonds. The van der Waals surface area contributed by atoms with Crippen LogP contribution in [0.1, 0.15) is 31.2 Å². The first-order valence-corrected chi connectivity index (χ1v) is 7.07. The zero-order valence-corrected chi connectivity index (χ0v) is 11.2. The van der Waals surface area contributed by atoms with E-state index in [0.29, 0.717) is 6.42 Å². The summed E-state index contributed by atoms with van der Waals surface area (Å²) in [5.74, 6) is 0.783. The highest BCUT2D eigenvalue weighted by Gasteiger charge is 2.54. The Morgan fingerprint density at radius 2 is 1.94 bits per heavy atom. The van der Waals surface area contributed by atoms with Crippen LogP contribution in [0.2, 0.25) is 5.02 Å². The number of hydrogen-bond acceptors (Lipinski definition) is 2. The third-order valence-corrected chi connectivity index (χ3v) is 4.90. The molecule has 1 aromatic rings. The van der Waals surface area contributed by atoms with Crippen LogP contribution in [-0.4, -0.2) is 19.4 Å². The molecule has 1 unspecified atom stereocenters. The van der Waals surface area contributed by atoms with Crippen molar-refractivity contribution in [2.75, 3.05) is 13.1 Å². The highest BCUT2D eigenvalue weighted by molar-refractivity contribution is 6.30. The molecular formula is C15H18ClNO+. The maximum absolute atomic E-state index is 11.1. The van der Waals surface area contributed by atoms with Gasteiger partial charge in [0.15, 0.2) is 5.54 Å². The van der Waals surface area contributed by atoms with Gasteiger partial charge in [0.2, 0.25) is 0 Å². The first-order chi connectivity index (χ1) is 8.74. The molecule has 95 valence electrons. The molecule has 0 N–H and O–H groups in total. The largest absolute Gasteiger partial charge is 0.303 e. The van der Waals surface area contributed by atoms with Gasteiger partial charge in [-0.15, -0.1) is 0 Å². The summed E-state index contributed by atoms with van der Waals surface area (Å²) in [6.45, 7) is 2.25. The van der Waals surface area contributed by atoms with E-state index in [4.69, 9.17) is 11.6 Å². The molecule has 2 bridgehead atoms. The number of aldehydes is 1. The highest BCUT2D eigenvalue weighted by Crippen LogP contribution is 2.45. The van der Waals surface area contributed by atoms with Crippen molar-refractivity contribution in [3.63, 3.8) is 0 Å². The van der Waals surface area contributed by atoms with Crippen LogP contribution >= 0.6 is 11.6 Å². The van der Waals surface area contributed by atoms with Crippen molar-refractivity contribution in [1.29, 1.82) is 0 Å². The number of benzene rings is 1. The van der Waals surface area contributed by atoms with Crippen molar-refractivity contribution in [3.8, 4) is 0 Å². The average Bonchev–Trinajstić information content (AvgIpc) is 2.41. The lowest BCUT2D eigenvalue weighted by atomic mass is 9.69. The van der Waals surface area contributed by atoms with Crippen LogP contribution in [0.3, 0.4) is 0 Å². The average molecular weight is 264 g/mol. The van der Waals surface area contributed by atoms with Crippen LogP contribution < -0.4 is 4.90 Å². The maximum atomic E-state index is 11.1. The predicted molar refractivity (Wildman–Crippen MR) is 73.0 cm³/mol. The first-order valence-electron chi connectivity index (χ1n) is 6.69. The van der Waals surface area contributed by atoms with E-state index in [2.05, 4.69) is 17.0 Å². The van der Waals surface area contributed by atoms with E-state index in [-0.39, 0.29) is 5.54 Å². The van der Waals surface area contributed by atoms with Crippen LogP contribution in [0.4, 0.5) is 0 Å². The Kier molecular flexibility index (Phi) is 3.16. The van der Waals surface area contributed by atoms with Crippen LogP contribution in [0.5, 0.6) is 0 Å². The van der Waals surface area contributed by atoms with Gasteiger partial charge in [-0.25, -0.2) is 0 Å². The van der Waals surface area contributed by atoms with Crippen molar-refractivity contribution < 1.29 is 4.79 Å². The zero-order valence-electron chi connectivity index (χ0n) is 10.4. The molecule has 18 heavy (non-hydrogen) atoms. The lowest BCUT2D eigenvalue weighted by Gasteiger charge is -2.46. The van der Waals surface area contributed by atoms with Crippen molar-refractivity contribution in [2.24, 2.45) is 5.92 Å². The Bertz CT molecular complexity index is 436. The summed E-state index contributed by atoms with van der Waals surface area (Å²) < 4.78 is 0. The summed E-state index contributed by atoms with van der Waals surface area (Å²) >= 11 is 5.97. The van der Waals surface area contributed by atoms with Crippen molar-refractivity contribution in [3.05, 3.63) is 34.9 Å². The first kappa shape index (κ1) is 12.2. The number of rotatable bonds is 3. The smallest absolute Gasteiger partial charge is 0.174 e. The monoisotopic (exact) mass is 263 g/mol. The topological polar surface area (TPSA) is 23.0 Å². The molecule has 1 aromatic carbocycles. The third kappa shape index (κ3) is 1.88. The van der Waals surface area contributed by atoms with E-state index in [1.54, 1.807) is 0 Å². The summed E-state index contributed by atoms with van der Waals surface area (Å²) in [4.78, 5) is 13.6. The molecule has 2 nitrogen and oxygen atoms in total. The van der Waals surface area contributed by atoms with E-state index in [1.807, 2.05) is 12.1 Å². The Hall–Kier alpha value is -0.860. The van der Waals surface area contributed by atoms with Gasteiger partial charge >= 0.3 is 0 Å². The molecule has 3 heteroatoms. The number of hydrogen-bond donors (Lipinski definition) is 0. The van der Waals surface area contributed by atoms with Gasteiger partial charge in [-0.1, -0.05) is 23.7 Å². The fourth-order valence-corrected chi connectivity index (χ4v) is 3.83. The van der Waals surface area contributed by atoms with Gasteiger partial charge < -0.3 is 4.79 Å². The molecule has 4 rings (SSSR count). The summed E-state index contributed by atoms with van der Waals surface area (Å²) in [6.07, 6.45) is 5.37. The van der Waals surface area contributed by atoms with Crippen molar-refractivity contribution in [1.82, 2.24) is 4.90 Å².